The molecule has 15 heavy (non-hydrogen) atoms. The summed E-state index contributed by atoms with van der Waals surface area (Å²) < 4.78 is 0. The molecule has 0 atom stereocenters. The first-order chi connectivity index (χ1) is 7.00. The summed E-state index contributed by atoms with van der Waals surface area (Å²) in [6.45, 7) is 4.36. The molecule has 3 heteroatoms. The van der Waals surface area contributed by atoms with E-state index >= 15 is 0 Å². The summed E-state index contributed by atoms with van der Waals surface area (Å²) in [5.41, 5.74) is 0. The van der Waals surface area contributed by atoms with Crippen LogP contribution in [0.15, 0.2) is 0 Å². The molecule has 0 heterocycles. The zero-order valence-corrected chi connectivity index (χ0v) is 10.4. The lowest BCUT2D eigenvalue weighted by Crippen LogP contribution is -2.40. The van der Waals surface area contributed by atoms with Gasteiger partial charge in [-0.1, -0.05) is 13.8 Å². The minimum absolute atomic E-state index is 0.269. The predicted octanol–water partition coefficient (Wildman–Crippen LogP) is 1.63. The Morgan fingerprint density at radius 3 is 2.13 bits per heavy atom. The molecule has 1 saturated carbocycles. The number of carbonyl (C=O) groups excluding carboxylic acids is 1. The second-order valence-corrected chi connectivity index (χ2v) is 5.10. The van der Waals surface area contributed by atoms with Crippen LogP contribution in [0.25, 0.3) is 0 Å². The molecule has 0 aliphatic heterocycles. The quantitative estimate of drug-likeness (QED) is 0.771. The molecular formula is C12H24N2O. The zero-order chi connectivity index (χ0) is 11.4. The molecule has 1 N–H and O–H groups in total. The lowest BCUT2D eigenvalue weighted by molar-refractivity contribution is -0.134. The Hall–Kier alpha value is -0.570. The van der Waals surface area contributed by atoms with Gasteiger partial charge >= 0.3 is 0 Å². The van der Waals surface area contributed by atoms with Gasteiger partial charge in [0.2, 0.25) is 5.91 Å². The van der Waals surface area contributed by atoms with E-state index in [2.05, 4.69) is 19.2 Å². The maximum absolute atomic E-state index is 11.7. The molecule has 0 radical (unpaired) electrons. The maximum atomic E-state index is 11.7. The minimum atomic E-state index is 0.269. The maximum Gasteiger partial charge on any atom is 0.225 e. The van der Waals surface area contributed by atoms with Crippen LogP contribution in [-0.2, 0) is 4.79 Å². The average Bonchev–Trinajstić information content (AvgIpc) is 2.17. The van der Waals surface area contributed by atoms with Gasteiger partial charge in [0.05, 0.1) is 0 Å². The smallest absolute Gasteiger partial charge is 0.225 e. The average molecular weight is 212 g/mol. The zero-order valence-electron chi connectivity index (χ0n) is 10.4. The molecule has 1 aliphatic rings. The number of nitrogens with one attached hydrogen (secondary N) is 1. The topological polar surface area (TPSA) is 32.3 Å². The first-order valence-corrected chi connectivity index (χ1v) is 5.98. The summed E-state index contributed by atoms with van der Waals surface area (Å²) >= 11 is 0. The minimum Gasteiger partial charge on any atom is -0.349 e. The standard InChI is InChI=1S/C12H24N2O/c1-9(2)13-11-7-5-10(6-8-11)12(15)14(3)4/h9-11,13H,5-8H2,1-4H3/t10-,11+. The molecular weight excluding hydrogens is 188 g/mol. The van der Waals surface area contributed by atoms with E-state index in [0.717, 1.165) is 25.7 Å². The molecule has 1 rings (SSSR count). The lowest BCUT2D eigenvalue weighted by Gasteiger charge is -2.31. The highest BCUT2D eigenvalue weighted by Gasteiger charge is 2.27. The Balaban J connectivity index is 2.32. The van der Waals surface area contributed by atoms with Gasteiger partial charge in [-0.2, -0.15) is 0 Å². The summed E-state index contributed by atoms with van der Waals surface area (Å²) in [4.78, 5) is 13.5. The van der Waals surface area contributed by atoms with Crippen LogP contribution in [0.2, 0.25) is 0 Å². The fourth-order valence-corrected chi connectivity index (χ4v) is 2.34. The van der Waals surface area contributed by atoms with Crippen LogP contribution in [0.4, 0.5) is 0 Å². The van der Waals surface area contributed by atoms with Crippen molar-refractivity contribution in [1.29, 1.82) is 0 Å². The number of nitrogens with zero attached hydrogens (tertiary/aromatic N) is 1. The fourth-order valence-electron chi connectivity index (χ4n) is 2.34. The highest BCUT2D eigenvalue weighted by Crippen LogP contribution is 2.25. The summed E-state index contributed by atoms with van der Waals surface area (Å²) in [5, 5.41) is 3.55. The molecule has 0 aromatic heterocycles. The Labute approximate surface area is 93.2 Å². The van der Waals surface area contributed by atoms with Crippen molar-refractivity contribution in [2.24, 2.45) is 5.92 Å². The van der Waals surface area contributed by atoms with Gasteiger partial charge in [0, 0.05) is 32.1 Å². The third-order valence-corrected chi connectivity index (χ3v) is 3.09. The first kappa shape index (κ1) is 12.5. The van der Waals surface area contributed by atoms with Crippen LogP contribution in [0.1, 0.15) is 39.5 Å². The Morgan fingerprint density at radius 2 is 1.73 bits per heavy atom. The van der Waals surface area contributed by atoms with E-state index < -0.39 is 0 Å². The van der Waals surface area contributed by atoms with E-state index in [1.54, 1.807) is 4.90 Å². The van der Waals surface area contributed by atoms with Gasteiger partial charge in [0.25, 0.3) is 0 Å². The predicted molar refractivity (Wildman–Crippen MR) is 62.7 cm³/mol. The third-order valence-electron chi connectivity index (χ3n) is 3.09. The Morgan fingerprint density at radius 1 is 1.20 bits per heavy atom. The third kappa shape index (κ3) is 3.82. The monoisotopic (exact) mass is 212 g/mol. The summed E-state index contributed by atoms with van der Waals surface area (Å²) in [6.07, 6.45) is 4.37. The van der Waals surface area contributed by atoms with Gasteiger partial charge in [-0.15, -0.1) is 0 Å². The Bertz CT molecular complexity index is 206. The largest absolute Gasteiger partial charge is 0.349 e. The van der Waals surface area contributed by atoms with Crippen LogP contribution in [-0.4, -0.2) is 37.0 Å². The van der Waals surface area contributed by atoms with Crippen LogP contribution in [0, 0.1) is 5.92 Å². The van der Waals surface area contributed by atoms with Crippen molar-refractivity contribution in [1.82, 2.24) is 10.2 Å². The number of carbonyl (C=O) groups is 1. The van der Waals surface area contributed by atoms with E-state index in [1.807, 2.05) is 14.1 Å². The number of hydrogen-bond acceptors (Lipinski definition) is 2. The Kier molecular flexibility index (Phi) is 4.58. The van der Waals surface area contributed by atoms with Crippen molar-refractivity contribution < 1.29 is 4.79 Å². The first-order valence-electron chi connectivity index (χ1n) is 5.98. The molecule has 1 amide bonds. The second kappa shape index (κ2) is 5.50. The van der Waals surface area contributed by atoms with E-state index in [0.29, 0.717) is 18.0 Å². The van der Waals surface area contributed by atoms with Crippen molar-refractivity contribution in [3.05, 3.63) is 0 Å². The van der Waals surface area contributed by atoms with Crippen LogP contribution in [0.3, 0.4) is 0 Å². The van der Waals surface area contributed by atoms with E-state index in [-0.39, 0.29) is 5.92 Å². The van der Waals surface area contributed by atoms with E-state index in [9.17, 15) is 4.79 Å². The van der Waals surface area contributed by atoms with Gasteiger partial charge in [0.1, 0.15) is 0 Å². The fraction of sp³-hybridized carbons (Fsp3) is 0.917. The highest BCUT2D eigenvalue weighted by molar-refractivity contribution is 5.78. The lowest BCUT2D eigenvalue weighted by atomic mass is 9.85. The summed E-state index contributed by atoms with van der Waals surface area (Å²) in [7, 11) is 3.70. The molecule has 0 aromatic carbocycles. The summed E-state index contributed by atoms with van der Waals surface area (Å²) in [6, 6.07) is 1.17. The molecule has 0 bridgehead atoms. The van der Waals surface area contributed by atoms with Gasteiger partial charge in [-0.3, -0.25) is 4.79 Å². The van der Waals surface area contributed by atoms with Crippen molar-refractivity contribution in [2.75, 3.05) is 14.1 Å². The van der Waals surface area contributed by atoms with E-state index in [1.165, 1.54) is 0 Å². The molecule has 88 valence electrons. The normalized spacial score (nSPS) is 26.7. The van der Waals surface area contributed by atoms with Gasteiger partial charge < -0.3 is 10.2 Å². The van der Waals surface area contributed by atoms with Crippen molar-refractivity contribution >= 4 is 5.91 Å². The van der Waals surface area contributed by atoms with Gasteiger partial charge in [0.15, 0.2) is 0 Å². The number of rotatable bonds is 3. The van der Waals surface area contributed by atoms with E-state index in [4.69, 9.17) is 0 Å². The van der Waals surface area contributed by atoms with Crippen LogP contribution >= 0.6 is 0 Å². The molecule has 0 unspecified atom stereocenters. The molecule has 1 aliphatic carbocycles. The molecule has 0 saturated heterocycles. The number of amides is 1. The number of hydrogen-bond donors (Lipinski definition) is 1. The van der Waals surface area contributed by atoms with Crippen LogP contribution < -0.4 is 5.32 Å². The van der Waals surface area contributed by atoms with Crippen molar-refractivity contribution in [3.63, 3.8) is 0 Å². The van der Waals surface area contributed by atoms with Crippen molar-refractivity contribution in [2.45, 2.75) is 51.6 Å². The molecule has 0 spiro atoms. The van der Waals surface area contributed by atoms with Crippen molar-refractivity contribution in [3.8, 4) is 0 Å². The molecule has 3 nitrogen and oxygen atoms in total. The SMILES string of the molecule is CC(C)N[C@H]1CC[C@@H](C(=O)N(C)C)CC1. The second-order valence-electron chi connectivity index (χ2n) is 5.10. The highest BCUT2D eigenvalue weighted by atomic mass is 16.2. The molecule has 1 fully saturated rings. The van der Waals surface area contributed by atoms with Crippen LogP contribution in [0.5, 0.6) is 0 Å². The van der Waals surface area contributed by atoms with Gasteiger partial charge in [-0.25, -0.2) is 0 Å². The summed E-state index contributed by atoms with van der Waals surface area (Å²) in [5.74, 6) is 0.572. The molecule has 0 aromatic rings. The van der Waals surface area contributed by atoms with Gasteiger partial charge in [-0.05, 0) is 25.7 Å².